The summed E-state index contributed by atoms with van der Waals surface area (Å²) in [6.07, 6.45) is 5.95. The molecule has 1 aromatic heterocycles. The molecule has 3 atom stereocenters. The van der Waals surface area contributed by atoms with Crippen LogP contribution >= 0.6 is 0 Å². The second-order valence-corrected chi connectivity index (χ2v) is 10.8. The lowest BCUT2D eigenvalue weighted by Gasteiger charge is -2.24. The number of nitrogens with one attached hydrogen (secondary N) is 1. The number of carboxylic acid groups (broad SMARTS) is 1. The molecule has 1 aliphatic heterocycles. The van der Waals surface area contributed by atoms with E-state index in [1.165, 1.54) is 0 Å². The van der Waals surface area contributed by atoms with Crippen LogP contribution in [-0.2, 0) is 16.0 Å². The fraction of sp³-hybridized carbons (Fsp3) is 0.419. The van der Waals surface area contributed by atoms with Gasteiger partial charge in [0.2, 0.25) is 0 Å². The van der Waals surface area contributed by atoms with Crippen molar-refractivity contribution in [3.05, 3.63) is 76.2 Å². The molecule has 2 N–H and O–H groups in total. The Balaban J connectivity index is 1.23. The summed E-state index contributed by atoms with van der Waals surface area (Å²) in [6.45, 7) is 5.67. The zero-order valence-corrected chi connectivity index (χ0v) is 21.8. The smallest absolute Gasteiger partial charge is 0.307 e. The van der Waals surface area contributed by atoms with E-state index in [1.54, 1.807) is 12.3 Å². The first-order valence-electron chi connectivity index (χ1n) is 13.5. The molecular weight excluding hydrogens is 483 g/mol. The van der Waals surface area contributed by atoms with Crippen molar-refractivity contribution < 1.29 is 23.8 Å². The van der Waals surface area contributed by atoms with Crippen LogP contribution in [0.5, 0.6) is 5.75 Å². The average molecular weight is 517 g/mol. The molecule has 0 amide bonds. The topological polar surface area (TPSA) is 80.7 Å². The summed E-state index contributed by atoms with van der Waals surface area (Å²) in [5.74, 6) is 0.334. The van der Waals surface area contributed by atoms with Crippen LogP contribution in [0.2, 0.25) is 0 Å². The van der Waals surface area contributed by atoms with E-state index < -0.39 is 5.97 Å². The third-order valence-electron chi connectivity index (χ3n) is 8.23. The van der Waals surface area contributed by atoms with Gasteiger partial charge in [-0.25, -0.2) is 9.37 Å². The highest BCUT2D eigenvalue weighted by Crippen LogP contribution is 2.48. The molecule has 2 fully saturated rings. The van der Waals surface area contributed by atoms with Gasteiger partial charge in [0.15, 0.2) is 0 Å². The minimum absolute atomic E-state index is 0.0428. The minimum atomic E-state index is -0.752. The molecule has 1 saturated heterocycles. The largest absolute Gasteiger partial charge is 0.490 e. The summed E-state index contributed by atoms with van der Waals surface area (Å²) in [4.78, 5) is 15.7. The van der Waals surface area contributed by atoms with Crippen molar-refractivity contribution >= 4 is 11.8 Å². The minimum Gasteiger partial charge on any atom is -0.490 e. The van der Waals surface area contributed by atoms with Gasteiger partial charge in [0.1, 0.15) is 23.5 Å². The number of aliphatic carboxylic acids is 1. The normalized spacial score (nSPS) is 22.7. The van der Waals surface area contributed by atoms with Crippen LogP contribution in [0.4, 0.5) is 10.2 Å². The third kappa shape index (κ3) is 4.75. The number of ether oxygens (including phenoxy) is 2. The highest BCUT2D eigenvalue weighted by Gasteiger charge is 2.44. The number of benzene rings is 2. The fourth-order valence-electron chi connectivity index (χ4n) is 6.22. The molecule has 3 aromatic rings. The van der Waals surface area contributed by atoms with Crippen LogP contribution in [0.25, 0.3) is 11.1 Å². The number of anilines is 1. The number of hydrogen-bond donors (Lipinski definition) is 2. The van der Waals surface area contributed by atoms with Gasteiger partial charge in [0.25, 0.3) is 0 Å². The Hall–Kier alpha value is -3.45. The quantitative estimate of drug-likeness (QED) is 0.381. The van der Waals surface area contributed by atoms with Gasteiger partial charge in [-0.2, -0.15) is 0 Å². The number of hydrogen-bond acceptors (Lipinski definition) is 5. The van der Waals surface area contributed by atoms with Crippen LogP contribution in [0.15, 0.2) is 42.6 Å². The van der Waals surface area contributed by atoms with Crippen LogP contribution in [-0.4, -0.2) is 35.4 Å². The first kappa shape index (κ1) is 24.9. The first-order valence-corrected chi connectivity index (χ1v) is 13.5. The van der Waals surface area contributed by atoms with Gasteiger partial charge in [0, 0.05) is 24.6 Å². The van der Waals surface area contributed by atoms with E-state index in [2.05, 4.69) is 36.3 Å². The molecule has 2 aliphatic carbocycles. The van der Waals surface area contributed by atoms with E-state index in [9.17, 15) is 9.90 Å². The zero-order valence-electron chi connectivity index (χ0n) is 21.8. The number of rotatable bonds is 7. The number of nitrogens with zero attached hydrogens (tertiary/aromatic N) is 1. The molecule has 7 heteroatoms. The predicted molar refractivity (Wildman–Crippen MR) is 143 cm³/mol. The standard InChI is InChI=1S/C31H33FN2O4/c1-17-13-21(38-20-9-11-37-12-10-20)14-18(2)29(17)22-4-6-26(32)30-23(22)5-7-27(30)34-28-8-3-19(16-33-28)24-15-25(24)31(35)36/h3-4,6,8,13-14,16,20,24-25,27H,5,7,9-12,15H2,1-2H3,(H,33,34)(H,35,36)/t24-,25+,27+/m0/s1. The first-order chi connectivity index (χ1) is 18.4. The van der Waals surface area contributed by atoms with Crippen molar-refractivity contribution in [2.45, 2.75) is 64.0 Å². The van der Waals surface area contributed by atoms with Gasteiger partial charge in [-0.1, -0.05) is 12.1 Å². The van der Waals surface area contributed by atoms with Crippen LogP contribution in [0.3, 0.4) is 0 Å². The number of carbonyl (C=O) groups is 1. The maximum absolute atomic E-state index is 15.2. The Labute approximate surface area is 222 Å². The highest BCUT2D eigenvalue weighted by atomic mass is 19.1. The van der Waals surface area contributed by atoms with Crippen molar-refractivity contribution in [3.63, 3.8) is 0 Å². The van der Waals surface area contributed by atoms with Gasteiger partial charge in [-0.3, -0.25) is 4.79 Å². The lowest BCUT2D eigenvalue weighted by Crippen LogP contribution is -2.25. The molecule has 1 saturated carbocycles. The maximum Gasteiger partial charge on any atom is 0.307 e. The summed E-state index contributed by atoms with van der Waals surface area (Å²) in [7, 11) is 0. The van der Waals surface area contributed by atoms with Crippen molar-refractivity contribution in [2.75, 3.05) is 18.5 Å². The van der Waals surface area contributed by atoms with E-state index in [1.807, 2.05) is 18.2 Å². The molecule has 0 radical (unpaired) electrons. The van der Waals surface area contributed by atoms with Gasteiger partial charge < -0.3 is 19.9 Å². The summed E-state index contributed by atoms with van der Waals surface area (Å²) in [5.41, 5.74) is 7.16. The van der Waals surface area contributed by atoms with Gasteiger partial charge in [-0.15, -0.1) is 0 Å². The van der Waals surface area contributed by atoms with Gasteiger partial charge in [-0.05, 0) is 96.7 Å². The van der Waals surface area contributed by atoms with Crippen LogP contribution < -0.4 is 10.1 Å². The Kier molecular flexibility index (Phi) is 6.56. The molecule has 2 aromatic carbocycles. The van der Waals surface area contributed by atoms with E-state index in [0.717, 1.165) is 78.0 Å². The second-order valence-electron chi connectivity index (χ2n) is 10.8. The molecule has 0 bridgehead atoms. The summed E-state index contributed by atoms with van der Waals surface area (Å²) >= 11 is 0. The zero-order chi connectivity index (χ0) is 26.4. The number of carboxylic acids is 1. The number of fused-ring (bicyclic) bond motifs is 1. The molecule has 38 heavy (non-hydrogen) atoms. The van der Waals surface area contributed by atoms with Crippen molar-refractivity contribution in [1.29, 1.82) is 0 Å². The van der Waals surface area contributed by atoms with Crippen LogP contribution in [0.1, 0.15) is 65.5 Å². The fourth-order valence-corrected chi connectivity index (χ4v) is 6.22. The molecule has 6 rings (SSSR count). The molecule has 3 aliphatic rings. The number of aryl methyl sites for hydroxylation is 2. The second kappa shape index (κ2) is 10.0. The van der Waals surface area contributed by atoms with E-state index in [-0.39, 0.29) is 29.8 Å². The molecular formula is C31H33FN2O4. The lowest BCUT2D eigenvalue weighted by molar-refractivity contribution is -0.138. The number of aromatic nitrogens is 1. The average Bonchev–Trinajstić information content (AvgIpc) is 3.60. The molecule has 0 unspecified atom stereocenters. The Morgan fingerprint density at radius 2 is 1.87 bits per heavy atom. The molecule has 0 spiro atoms. The van der Waals surface area contributed by atoms with Crippen molar-refractivity contribution in [1.82, 2.24) is 4.98 Å². The molecule has 2 heterocycles. The summed E-state index contributed by atoms with van der Waals surface area (Å²) in [6, 6.07) is 11.3. The molecule has 6 nitrogen and oxygen atoms in total. The van der Waals surface area contributed by atoms with E-state index in [0.29, 0.717) is 17.8 Å². The summed E-state index contributed by atoms with van der Waals surface area (Å²) < 4.78 is 26.9. The number of halogens is 1. The maximum atomic E-state index is 15.2. The SMILES string of the molecule is Cc1cc(OC2CCOCC2)cc(C)c1-c1ccc(F)c2c1CC[C@H]2Nc1ccc([C@@H]2C[C@H]2C(=O)O)cn1. The van der Waals surface area contributed by atoms with E-state index in [4.69, 9.17) is 9.47 Å². The van der Waals surface area contributed by atoms with Crippen LogP contribution in [0, 0.1) is 25.6 Å². The molecule has 198 valence electrons. The van der Waals surface area contributed by atoms with Gasteiger partial charge in [0.05, 0.1) is 25.2 Å². The predicted octanol–water partition coefficient (Wildman–Crippen LogP) is 6.35. The summed E-state index contributed by atoms with van der Waals surface area (Å²) in [5, 5.41) is 12.6. The Morgan fingerprint density at radius 1 is 1.11 bits per heavy atom. The Morgan fingerprint density at radius 3 is 2.53 bits per heavy atom. The number of pyridine rings is 1. The Bertz CT molecular complexity index is 1340. The van der Waals surface area contributed by atoms with Gasteiger partial charge >= 0.3 is 5.97 Å². The monoisotopic (exact) mass is 516 g/mol. The van der Waals surface area contributed by atoms with E-state index >= 15 is 4.39 Å². The third-order valence-corrected chi connectivity index (χ3v) is 8.23. The lowest BCUT2D eigenvalue weighted by atomic mass is 9.90. The van der Waals surface area contributed by atoms with Crippen molar-refractivity contribution in [2.24, 2.45) is 5.92 Å². The highest BCUT2D eigenvalue weighted by molar-refractivity contribution is 5.77. The van der Waals surface area contributed by atoms with Crippen molar-refractivity contribution in [3.8, 4) is 16.9 Å².